The van der Waals surface area contributed by atoms with E-state index < -0.39 is 0 Å². The van der Waals surface area contributed by atoms with Gasteiger partial charge in [-0.1, -0.05) is 35.0 Å². The highest BCUT2D eigenvalue weighted by Gasteiger charge is 2.15. The van der Waals surface area contributed by atoms with Crippen LogP contribution in [0.25, 0.3) is 0 Å². The van der Waals surface area contributed by atoms with E-state index in [1.54, 1.807) is 0 Å². The van der Waals surface area contributed by atoms with Gasteiger partial charge in [-0.15, -0.1) is 0 Å². The van der Waals surface area contributed by atoms with Crippen LogP contribution in [-0.2, 0) is 6.42 Å². The first-order chi connectivity index (χ1) is 10.1. The SMILES string of the molecule is CCCNC(Cc1ccc(Br)cn1)c1ccc(C)cc1Br. The molecule has 0 spiro atoms. The number of aryl methyl sites for hydroxylation is 1. The monoisotopic (exact) mass is 410 g/mol. The quantitative estimate of drug-likeness (QED) is 0.706. The maximum absolute atomic E-state index is 4.50. The van der Waals surface area contributed by atoms with Crippen LogP contribution in [0.5, 0.6) is 0 Å². The third-order valence-corrected chi connectivity index (χ3v) is 4.53. The highest BCUT2D eigenvalue weighted by molar-refractivity contribution is 9.10. The Morgan fingerprint density at radius 1 is 1.19 bits per heavy atom. The van der Waals surface area contributed by atoms with E-state index in [-0.39, 0.29) is 6.04 Å². The lowest BCUT2D eigenvalue weighted by molar-refractivity contribution is 0.522. The molecule has 4 heteroatoms. The highest BCUT2D eigenvalue weighted by atomic mass is 79.9. The van der Waals surface area contributed by atoms with Crippen molar-refractivity contribution < 1.29 is 0 Å². The maximum Gasteiger partial charge on any atom is 0.0423 e. The van der Waals surface area contributed by atoms with Gasteiger partial charge >= 0.3 is 0 Å². The lowest BCUT2D eigenvalue weighted by Crippen LogP contribution is -2.24. The summed E-state index contributed by atoms with van der Waals surface area (Å²) in [4.78, 5) is 4.50. The molecular formula is C17H20Br2N2. The Hall–Kier alpha value is -0.710. The fourth-order valence-corrected chi connectivity index (χ4v) is 3.27. The smallest absolute Gasteiger partial charge is 0.0423 e. The van der Waals surface area contributed by atoms with E-state index in [1.165, 1.54) is 11.1 Å². The van der Waals surface area contributed by atoms with Crippen molar-refractivity contribution in [1.29, 1.82) is 0 Å². The predicted molar refractivity (Wildman–Crippen MR) is 95.6 cm³/mol. The third kappa shape index (κ3) is 4.90. The van der Waals surface area contributed by atoms with Crippen molar-refractivity contribution in [2.45, 2.75) is 32.7 Å². The molecule has 0 bridgehead atoms. The molecule has 0 aliphatic carbocycles. The lowest BCUT2D eigenvalue weighted by Gasteiger charge is -2.20. The van der Waals surface area contributed by atoms with Gasteiger partial charge in [0, 0.05) is 33.3 Å². The normalized spacial score (nSPS) is 12.4. The van der Waals surface area contributed by atoms with Crippen molar-refractivity contribution in [3.63, 3.8) is 0 Å². The number of rotatable bonds is 6. The van der Waals surface area contributed by atoms with Crippen LogP contribution < -0.4 is 5.32 Å². The molecule has 1 heterocycles. The second-order valence-electron chi connectivity index (χ2n) is 5.20. The summed E-state index contributed by atoms with van der Waals surface area (Å²) in [6, 6.07) is 10.9. The standard InChI is InChI=1S/C17H20Br2N2/c1-3-8-20-17(10-14-6-5-13(18)11-21-14)15-7-4-12(2)9-16(15)19/h4-7,9,11,17,20H,3,8,10H2,1-2H3. The summed E-state index contributed by atoms with van der Waals surface area (Å²) in [5.74, 6) is 0. The molecule has 0 radical (unpaired) electrons. The molecule has 1 N–H and O–H groups in total. The van der Waals surface area contributed by atoms with Gasteiger partial charge in [0.1, 0.15) is 0 Å². The van der Waals surface area contributed by atoms with Crippen molar-refractivity contribution >= 4 is 31.9 Å². The van der Waals surface area contributed by atoms with E-state index in [0.29, 0.717) is 0 Å². The van der Waals surface area contributed by atoms with E-state index in [4.69, 9.17) is 0 Å². The largest absolute Gasteiger partial charge is 0.310 e. The van der Waals surface area contributed by atoms with Crippen molar-refractivity contribution in [3.05, 3.63) is 62.3 Å². The molecular weight excluding hydrogens is 392 g/mol. The zero-order chi connectivity index (χ0) is 15.2. The van der Waals surface area contributed by atoms with Crippen LogP contribution >= 0.6 is 31.9 Å². The van der Waals surface area contributed by atoms with Crippen LogP contribution in [-0.4, -0.2) is 11.5 Å². The number of pyridine rings is 1. The van der Waals surface area contributed by atoms with Gasteiger partial charge in [-0.25, -0.2) is 0 Å². The summed E-state index contributed by atoms with van der Waals surface area (Å²) in [6.45, 7) is 5.30. The molecule has 112 valence electrons. The molecule has 2 aromatic rings. The van der Waals surface area contributed by atoms with Crippen LogP contribution in [0, 0.1) is 6.92 Å². The summed E-state index contributed by atoms with van der Waals surface area (Å²) in [5, 5.41) is 3.63. The molecule has 1 aromatic carbocycles. The molecule has 1 aromatic heterocycles. The molecule has 0 amide bonds. The van der Waals surface area contributed by atoms with E-state index in [0.717, 1.165) is 34.0 Å². The zero-order valence-corrected chi connectivity index (χ0v) is 15.5. The molecule has 1 unspecified atom stereocenters. The number of aromatic nitrogens is 1. The minimum absolute atomic E-state index is 0.272. The predicted octanol–water partition coefficient (Wildman–Crippen LogP) is 5.20. The second-order valence-corrected chi connectivity index (χ2v) is 6.97. The Morgan fingerprint density at radius 2 is 2.00 bits per heavy atom. The molecule has 0 fully saturated rings. The van der Waals surface area contributed by atoms with Gasteiger partial charge in [0.25, 0.3) is 0 Å². The summed E-state index contributed by atoms with van der Waals surface area (Å²) < 4.78 is 2.18. The van der Waals surface area contributed by atoms with Crippen molar-refractivity contribution in [1.82, 2.24) is 10.3 Å². The molecule has 2 rings (SSSR count). The Labute approximate surface area is 143 Å². The summed E-state index contributed by atoms with van der Waals surface area (Å²) in [7, 11) is 0. The number of nitrogens with one attached hydrogen (secondary N) is 1. The van der Waals surface area contributed by atoms with Crippen LogP contribution in [0.2, 0.25) is 0 Å². The average Bonchev–Trinajstić information content (AvgIpc) is 2.46. The second kappa shape index (κ2) is 8.06. The minimum atomic E-state index is 0.272. The first-order valence-corrected chi connectivity index (χ1v) is 8.78. The number of hydrogen-bond acceptors (Lipinski definition) is 2. The Kier molecular flexibility index (Phi) is 6.40. The number of hydrogen-bond donors (Lipinski definition) is 1. The minimum Gasteiger partial charge on any atom is -0.310 e. The van der Waals surface area contributed by atoms with Crippen LogP contribution in [0.1, 0.15) is 36.2 Å². The van der Waals surface area contributed by atoms with E-state index in [1.807, 2.05) is 12.3 Å². The van der Waals surface area contributed by atoms with Gasteiger partial charge in [0.05, 0.1) is 0 Å². The molecule has 2 nitrogen and oxygen atoms in total. The Bertz CT molecular complexity index is 582. The number of nitrogens with zero attached hydrogens (tertiary/aromatic N) is 1. The molecule has 1 atom stereocenters. The zero-order valence-electron chi connectivity index (χ0n) is 12.4. The van der Waals surface area contributed by atoms with Crippen molar-refractivity contribution in [3.8, 4) is 0 Å². The van der Waals surface area contributed by atoms with E-state index in [2.05, 4.69) is 80.3 Å². The lowest BCUT2D eigenvalue weighted by atomic mass is 10.00. The first-order valence-electron chi connectivity index (χ1n) is 7.20. The Morgan fingerprint density at radius 3 is 2.62 bits per heavy atom. The molecule has 0 aliphatic heterocycles. The first kappa shape index (κ1) is 16.7. The van der Waals surface area contributed by atoms with E-state index in [9.17, 15) is 0 Å². The fourth-order valence-electron chi connectivity index (χ4n) is 2.26. The van der Waals surface area contributed by atoms with Crippen LogP contribution in [0.4, 0.5) is 0 Å². The van der Waals surface area contributed by atoms with Gasteiger partial charge < -0.3 is 5.32 Å². The molecule has 0 saturated carbocycles. The van der Waals surface area contributed by atoms with Gasteiger partial charge in [0.15, 0.2) is 0 Å². The van der Waals surface area contributed by atoms with Crippen molar-refractivity contribution in [2.24, 2.45) is 0 Å². The number of benzene rings is 1. The van der Waals surface area contributed by atoms with Gasteiger partial charge in [-0.2, -0.15) is 0 Å². The summed E-state index contributed by atoms with van der Waals surface area (Å²) >= 11 is 7.13. The van der Waals surface area contributed by atoms with Crippen LogP contribution in [0.3, 0.4) is 0 Å². The molecule has 21 heavy (non-hydrogen) atoms. The summed E-state index contributed by atoms with van der Waals surface area (Å²) in [5.41, 5.74) is 3.65. The van der Waals surface area contributed by atoms with Gasteiger partial charge in [-0.3, -0.25) is 4.98 Å². The fraction of sp³-hybridized carbons (Fsp3) is 0.353. The van der Waals surface area contributed by atoms with Crippen molar-refractivity contribution in [2.75, 3.05) is 6.54 Å². The average molecular weight is 412 g/mol. The van der Waals surface area contributed by atoms with E-state index >= 15 is 0 Å². The summed E-state index contributed by atoms with van der Waals surface area (Å²) in [6.07, 6.45) is 3.86. The molecule has 0 aliphatic rings. The number of halogens is 2. The topological polar surface area (TPSA) is 24.9 Å². The maximum atomic E-state index is 4.50. The highest BCUT2D eigenvalue weighted by Crippen LogP contribution is 2.27. The Balaban J connectivity index is 2.22. The van der Waals surface area contributed by atoms with Crippen LogP contribution in [0.15, 0.2) is 45.5 Å². The van der Waals surface area contributed by atoms with Gasteiger partial charge in [0.2, 0.25) is 0 Å². The molecule has 0 saturated heterocycles. The third-order valence-electron chi connectivity index (χ3n) is 3.37. The van der Waals surface area contributed by atoms with Gasteiger partial charge in [-0.05, 0) is 65.1 Å².